The summed E-state index contributed by atoms with van der Waals surface area (Å²) in [6.07, 6.45) is 0.832. The maximum Gasteiger partial charge on any atom is 0.353 e. The van der Waals surface area contributed by atoms with Crippen LogP contribution in [0.4, 0.5) is 0 Å². The highest BCUT2D eigenvalue weighted by Gasteiger charge is 2.12. The van der Waals surface area contributed by atoms with Gasteiger partial charge in [0.15, 0.2) is 0 Å². The molecule has 0 unspecified atom stereocenters. The Morgan fingerprint density at radius 1 is 1.21 bits per heavy atom. The first kappa shape index (κ1) is 10.7. The van der Waals surface area contributed by atoms with Crippen molar-refractivity contribution in [3.05, 3.63) is 35.4 Å². The number of hydrogen-bond donors (Lipinski definition) is 0. The molecule has 0 fully saturated rings. The fraction of sp³-hybridized carbons (Fsp3) is 0.222. The van der Waals surface area contributed by atoms with Crippen molar-refractivity contribution in [3.63, 3.8) is 0 Å². The highest BCUT2D eigenvalue weighted by molar-refractivity contribution is 7.86. The third-order valence-electron chi connectivity index (χ3n) is 1.51. The largest absolute Gasteiger partial charge is 0.353 e. The van der Waals surface area contributed by atoms with Gasteiger partial charge in [0, 0.05) is 0 Å². The molecule has 0 amide bonds. The molecule has 0 heterocycles. The number of hydrogen-bond acceptors (Lipinski definition) is 4. The summed E-state index contributed by atoms with van der Waals surface area (Å²) < 4.78 is 25.5. The van der Waals surface area contributed by atoms with Crippen molar-refractivity contribution in [1.82, 2.24) is 0 Å². The number of rotatable bonds is 2. The quantitative estimate of drug-likeness (QED) is 0.692. The molecule has 0 atom stereocenters. The van der Waals surface area contributed by atoms with E-state index in [4.69, 9.17) is 0 Å². The van der Waals surface area contributed by atoms with Crippen molar-refractivity contribution in [1.29, 1.82) is 0 Å². The van der Waals surface area contributed by atoms with Crippen LogP contribution in [0.1, 0.15) is 15.9 Å². The second-order valence-corrected chi connectivity index (χ2v) is 4.52. The van der Waals surface area contributed by atoms with E-state index in [0.717, 1.165) is 11.8 Å². The number of aryl methyl sites for hydroxylation is 1. The van der Waals surface area contributed by atoms with Crippen LogP contribution in [0, 0.1) is 6.92 Å². The van der Waals surface area contributed by atoms with Crippen LogP contribution in [0.3, 0.4) is 0 Å². The third kappa shape index (κ3) is 3.18. The topological polar surface area (TPSA) is 60.4 Å². The van der Waals surface area contributed by atoms with Crippen molar-refractivity contribution in [2.45, 2.75) is 6.92 Å². The summed E-state index contributed by atoms with van der Waals surface area (Å²) in [5.41, 5.74) is 1.21. The first-order chi connectivity index (χ1) is 6.38. The minimum Gasteiger partial charge on any atom is -0.341 e. The molecule has 14 heavy (non-hydrogen) atoms. The molecule has 0 spiro atoms. The maximum absolute atomic E-state index is 11.2. The van der Waals surface area contributed by atoms with Gasteiger partial charge in [0.05, 0.1) is 11.8 Å². The maximum atomic E-state index is 11.2. The molecule has 0 bridgehead atoms. The SMILES string of the molecule is Cc1ccc(C(=O)OS(C)(=O)=O)cc1. The highest BCUT2D eigenvalue weighted by atomic mass is 32.2. The van der Waals surface area contributed by atoms with Gasteiger partial charge in [-0.05, 0) is 19.1 Å². The molecular weight excluding hydrogens is 204 g/mol. The second-order valence-electron chi connectivity index (χ2n) is 2.94. The van der Waals surface area contributed by atoms with E-state index in [1.165, 1.54) is 12.1 Å². The van der Waals surface area contributed by atoms with Gasteiger partial charge in [-0.2, -0.15) is 8.42 Å². The van der Waals surface area contributed by atoms with Gasteiger partial charge in [0.2, 0.25) is 0 Å². The molecule has 1 rings (SSSR count). The molecule has 5 heteroatoms. The average Bonchev–Trinajstić information content (AvgIpc) is 2.02. The number of carbonyl (C=O) groups is 1. The van der Waals surface area contributed by atoms with Gasteiger partial charge in [-0.3, -0.25) is 0 Å². The van der Waals surface area contributed by atoms with Gasteiger partial charge in [-0.1, -0.05) is 17.7 Å². The minimum absolute atomic E-state index is 0.223. The first-order valence-corrected chi connectivity index (χ1v) is 5.70. The van der Waals surface area contributed by atoms with Gasteiger partial charge < -0.3 is 4.18 Å². The van der Waals surface area contributed by atoms with Crippen molar-refractivity contribution in [2.24, 2.45) is 0 Å². The van der Waals surface area contributed by atoms with Gasteiger partial charge >= 0.3 is 16.1 Å². The summed E-state index contributed by atoms with van der Waals surface area (Å²) in [5.74, 6) is -0.854. The molecule has 1 aromatic carbocycles. The highest BCUT2D eigenvalue weighted by Crippen LogP contribution is 2.06. The lowest BCUT2D eigenvalue weighted by Gasteiger charge is -2.01. The Morgan fingerprint density at radius 3 is 2.14 bits per heavy atom. The van der Waals surface area contributed by atoms with Crippen LogP contribution in [0.15, 0.2) is 24.3 Å². The molecule has 0 saturated carbocycles. The molecule has 0 saturated heterocycles. The van der Waals surface area contributed by atoms with E-state index < -0.39 is 16.1 Å². The molecular formula is C9H10O4S. The summed E-state index contributed by atoms with van der Waals surface area (Å²) in [5, 5.41) is 0. The van der Waals surface area contributed by atoms with Crippen LogP contribution in [0.25, 0.3) is 0 Å². The summed E-state index contributed by atoms with van der Waals surface area (Å²) in [6.45, 7) is 1.87. The Kier molecular flexibility index (Phi) is 2.90. The minimum atomic E-state index is -3.73. The third-order valence-corrected chi connectivity index (χ3v) is 1.97. The second kappa shape index (κ2) is 3.79. The zero-order chi connectivity index (χ0) is 10.8. The van der Waals surface area contributed by atoms with Gasteiger partial charge in [-0.15, -0.1) is 0 Å². The molecule has 0 aliphatic carbocycles. The Morgan fingerprint density at radius 2 is 1.71 bits per heavy atom. The standard InChI is InChI=1S/C9H10O4S/c1-7-3-5-8(6-4-7)9(10)13-14(2,11)12/h3-6H,1-2H3. The number of benzene rings is 1. The lowest BCUT2D eigenvalue weighted by molar-refractivity contribution is 0.0748. The summed E-state index contributed by atoms with van der Waals surface area (Å²) in [7, 11) is -3.73. The first-order valence-electron chi connectivity index (χ1n) is 3.89. The Balaban J connectivity index is 2.86. The van der Waals surface area contributed by atoms with Gasteiger partial charge in [0.1, 0.15) is 0 Å². The smallest absolute Gasteiger partial charge is 0.341 e. The van der Waals surface area contributed by atoms with Crippen LogP contribution >= 0.6 is 0 Å². The van der Waals surface area contributed by atoms with E-state index in [2.05, 4.69) is 4.18 Å². The predicted molar refractivity (Wildman–Crippen MR) is 51.4 cm³/mol. The van der Waals surface area contributed by atoms with Crippen LogP contribution < -0.4 is 0 Å². The molecule has 1 aromatic rings. The summed E-state index contributed by atoms with van der Waals surface area (Å²) in [6, 6.07) is 6.45. The fourth-order valence-electron chi connectivity index (χ4n) is 0.875. The Bertz CT molecular complexity index is 430. The lowest BCUT2D eigenvalue weighted by Crippen LogP contribution is -2.11. The summed E-state index contributed by atoms with van der Waals surface area (Å²) >= 11 is 0. The summed E-state index contributed by atoms with van der Waals surface area (Å²) in [4.78, 5) is 11.2. The predicted octanol–water partition coefficient (Wildman–Crippen LogP) is 1.11. The van der Waals surface area contributed by atoms with Crippen molar-refractivity contribution in [2.75, 3.05) is 6.26 Å². The van der Waals surface area contributed by atoms with E-state index in [9.17, 15) is 13.2 Å². The van der Waals surface area contributed by atoms with Crippen molar-refractivity contribution >= 4 is 16.1 Å². The zero-order valence-electron chi connectivity index (χ0n) is 7.85. The number of carbonyl (C=O) groups excluding carboxylic acids is 1. The normalized spacial score (nSPS) is 11.0. The van der Waals surface area contributed by atoms with Crippen molar-refractivity contribution in [3.8, 4) is 0 Å². The molecule has 0 N–H and O–H groups in total. The Hall–Kier alpha value is -1.36. The molecule has 4 nitrogen and oxygen atoms in total. The molecule has 76 valence electrons. The van der Waals surface area contributed by atoms with E-state index in [0.29, 0.717) is 0 Å². The van der Waals surface area contributed by atoms with Crippen LogP contribution in [-0.4, -0.2) is 20.6 Å². The van der Waals surface area contributed by atoms with E-state index in [1.54, 1.807) is 12.1 Å². The lowest BCUT2D eigenvalue weighted by atomic mass is 10.2. The fourth-order valence-corrected chi connectivity index (χ4v) is 1.25. The molecule has 0 radical (unpaired) electrons. The van der Waals surface area contributed by atoms with Crippen LogP contribution in [0.5, 0.6) is 0 Å². The van der Waals surface area contributed by atoms with E-state index >= 15 is 0 Å². The Labute approximate surface area is 82.6 Å². The monoisotopic (exact) mass is 214 g/mol. The molecule has 0 aliphatic heterocycles. The van der Waals surface area contributed by atoms with Crippen LogP contribution in [0.2, 0.25) is 0 Å². The van der Waals surface area contributed by atoms with Gasteiger partial charge in [-0.25, -0.2) is 4.79 Å². The van der Waals surface area contributed by atoms with Crippen molar-refractivity contribution < 1.29 is 17.4 Å². The van der Waals surface area contributed by atoms with E-state index in [1.807, 2.05) is 6.92 Å². The van der Waals surface area contributed by atoms with E-state index in [-0.39, 0.29) is 5.56 Å². The van der Waals surface area contributed by atoms with Crippen LogP contribution in [-0.2, 0) is 14.3 Å². The zero-order valence-corrected chi connectivity index (χ0v) is 8.67. The molecule has 0 aliphatic rings. The average molecular weight is 214 g/mol. The molecule has 0 aromatic heterocycles. The van der Waals surface area contributed by atoms with Gasteiger partial charge in [0.25, 0.3) is 0 Å².